The molecule has 1 N–H and O–H groups in total. The van der Waals surface area contributed by atoms with E-state index in [0.717, 1.165) is 38.0 Å². The molecule has 2 rings (SSSR count). The zero-order chi connectivity index (χ0) is 13.7. The van der Waals surface area contributed by atoms with Gasteiger partial charge in [0, 0.05) is 20.0 Å². The predicted molar refractivity (Wildman–Crippen MR) is 76.9 cm³/mol. The van der Waals surface area contributed by atoms with E-state index in [1.165, 1.54) is 32.1 Å². The van der Waals surface area contributed by atoms with Crippen molar-refractivity contribution in [2.75, 3.05) is 13.6 Å². The molecular weight excluding hydrogens is 238 g/mol. The normalized spacial score (nSPS) is 23.5. The topological polar surface area (TPSA) is 40.5 Å². The molecule has 3 nitrogen and oxygen atoms in total. The van der Waals surface area contributed by atoms with E-state index in [2.05, 4.69) is 0 Å². The van der Waals surface area contributed by atoms with Crippen LogP contribution in [0, 0.1) is 5.92 Å². The first kappa shape index (κ1) is 14.8. The van der Waals surface area contributed by atoms with Crippen molar-refractivity contribution in [3.63, 3.8) is 0 Å². The van der Waals surface area contributed by atoms with E-state index in [1.807, 2.05) is 7.05 Å². The van der Waals surface area contributed by atoms with Gasteiger partial charge in [-0.1, -0.05) is 44.9 Å². The summed E-state index contributed by atoms with van der Waals surface area (Å²) in [5.41, 5.74) is -0.602. The van der Waals surface area contributed by atoms with Crippen LogP contribution in [0.4, 0.5) is 0 Å². The van der Waals surface area contributed by atoms with E-state index >= 15 is 0 Å². The second-order valence-corrected chi connectivity index (χ2v) is 6.72. The van der Waals surface area contributed by atoms with Gasteiger partial charge >= 0.3 is 0 Å². The van der Waals surface area contributed by atoms with Gasteiger partial charge in [-0.2, -0.15) is 0 Å². The lowest BCUT2D eigenvalue weighted by molar-refractivity contribution is -0.133. The van der Waals surface area contributed by atoms with Crippen LogP contribution < -0.4 is 0 Å². The lowest BCUT2D eigenvalue weighted by atomic mass is 9.86. The molecule has 0 aromatic heterocycles. The summed E-state index contributed by atoms with van der Waals surface area (Å²) in [4.78, 5) is 13.9. The molecule has 0 aromatic rings. The van der Waals surface area contributed by atoms with Gasteiger partial charge in [0.1, 0.15) is 0 Å². The molecule has 0 radical (unpaired) electrons. The molecule has 3 heteroatoms. The van der Waals surface area contributed by atoms with Crippen LogP contribution in [-0.4, -0.2) is 35.1 Å². The molecule has 0 atom stereocenters. The fraction of sp³-hybridized carbons (Fsp3) is 0.938. The minimum atomic E-state index is -0.602. The summed E-state index contributed by atoms with van der Waals surface area (Å²) in [7, 11) is 1.85. The Bertz CT molecular complexity index is 291. The summed E-state index contributed by atoms with van der Waals surface area (Å²) in [6, 6.07) is 0. The van der Waals surface area contributed by atoms with Gasteiger partial charge in [-0.15, -0.1) is 0 Å². The molecule has 0 unspecified atom stereocenters. The molecule has 2 saturated carbocycles. The maximum atomic E-state index is 12.1. The predicted octanol–water partition coefficient (Wildman–Crippen LogP) is 3.11. The number of nitrogens with zero attached hydrogens (tertiary/aromatic N) is 1. The fourth-order valence-electron chi connectivity index (χ4n) is 3.72. The molecule has 19 heavy (non-hydrogen) atoms. The first-order chi connectivity index (χ1) is 9.09. The summed E-state index contributed by atoms with van der Waals surface area (Å²) in [5.74, 6) is 0.978. The van der Waals surface area contributed by atoms with E-state index in [4.69, 9.17) is 0 Å². The summed E-state index contributed by atoms with van der Waals surface area (Å²) >= 11 is 0. The van der Waals surface area contributed by atoms with E-state index in [1.54, 1.807) is 4.90 Å². The van der Waals surface area contributed by atoms with E-state index < -0.39 is 5.60 Å². The highest BCUT2D eigenvalue weighted by atomic mass is 16.3. The van der Waals surface area contributed by atoms with E-state index in [-0.39, 0.29) is 5.91 Å². The molecule has 2 aliphatic carbocycles. The van der Waals surface area contributed by atoms with Crippen molar-refractivity contribution >= 4 is 5.91 Å². The monoisotopic (exact) mass is 267 g/mol. The number of hydrogen-bond acceptors (Lipinski definition) is 2. The highest BCUT2D eigenvalue weighted by Crippen LogP contribution is 2.31. The van der Waals surface area contributed by atoms with Crippen LogP contribution in [0.1, 0.15) is 70.6 Å². The third-order valence-corrected chi connectivity index (χ3v) is 4.98. The van der Waals surface area contributed by atoms with Gasteiger partial charge in [-0.25, -0.2) is 0 Å². The number of carbonyl (C=O) groups excluding carboxylic acids is 1. The summed E-state index contributed by atoms with van der Waals surface area (Å²) < 4.78 is 0. The van der Waals surface area contributed by atoms with Crippen LogP contribution in [0.15, 0.2) is 0 Å². The van der Waals surface area contributed by atoms with Gasteiger partial charge in [0.25, 0.3) is 0 Å². The number of carbonyl (C=O) groups is 1. The first-order valence-corrected chi connectivity index (χ1v) is 8.05. The fourth-order valence-corrected chi connectivity index (χ4v) is 3.72. The minimum absolute atomic E-state index is 0.214. The average molecular weight is 267 g/mol. The molecule has 2 fully saturated rings. The van der Waals surface area contributed by atoms with Crippen LogP contribution in [0.25, 0.3) is 0 Å². The Morgan fingerprint density at radius 1 is 1.16 bits per heavy atom. The Balaban J connectivity index is 1.69. The van der Waals surface area contributed by atoms with E-state index in [0.29, 0.717) is 13.0 Å². The van der Waals surface area contributed by atoms with Crippen molar-refractivity contribution in [1.82, 2.24) is 4.90 Å². The Hall–Kier alpha value is -0.570. The van der Waals surface area contributed by atoms with E-state index in [9.17, 15) is 9.90 Å². The molecule has 110 valence electrons. The molecule has 2 aliphatic rings. The third kappa shape index (κ3) is 4.48. The minimum Gasteiger partial charge on any atom is -0.388 e. The quantitative estimate of drug-likeness (QED) is 0.831. The SMILES string of the molecule is CN(CC1(O)CCCC1)C(=O)CCC1CCCCC1. The second kappa shape index (κ2) is 6.74. The van der Waals surface area contributed by atoms with Crippen molar-refractivity contribution in [1.29, 1.82) is 0 Å². The Kier molecular flexibility index (Phi) is 5.26. The van der Waals surface area contributed by atoms with Crippen LogP contribution >= 0.6 is 0 Å². The Labute approximate surface area is 117 Å². The molecule has 0 heterocycles. The number of hydrogen-bond donors (Lipinski definition) is 1. The smallest absolute Gasteiger partial charge is 0.222 e. The standard InChI is InChI=1S/C16H29NO2/c1-17(13-16(19)11-5-6-12-16)15(18)10-9-14-7-3-2-4-8-14/h14,19H,2-13H2,1H3. The first-order valence-electron chi connectivity index (χ1n) is 8.05. The van der Waals surface area contributed by atoms with Gasteiger partial charge < -0.3 is 10.0 Å². The van der Waals surface area contributed by atoms with Crippen LogP contribution in [-0.2, 0) is 4.79 Å². The average Bonchev–Trinajstić information content (AvgIpc) is 2.83. The summed E-state index contributed by atoms with van der Waals surface area (Å²) in [6.07, 6.45) is 12.3. The van der Waals surface area contributed by atoms with Crippen molar-refractivity contribution in [2.45, 2.75) is 76.2 Å². The lowest BCUT2D eigenvalue weighted by Gasteiger charge is -2.29. The zero-order valence-electron chi connectivity index (χ0n) is 12.4. The highest BCUT2D eigenvalue weighted by Gasteiger charge is 2.33. The number of amides is 1. The third-order valence-electron chi connectivity index (χ3n) is 4.98. The number of rotatable bonds is 5. The summed E-state index contributed by atoms with van der Waals surface area (Å²) in [6.45, 7) is 0.524. The van der Waals surface area contributed by atoms with Crippen molar-refractivity contribution < 1.29 is 9.90 Å². The van der Waals surface area contributed by atoms with Crippen LogP contribution in [0.3, 0.4) is 0 Å². The molecule has 0 saturated heterocycles. The molecule has 0 aromatic carbocycles. The number of likely N-dealkylation sites (N-methyl/N-ethyl adjacent to an activating group) is 1. The molecule has 0 bridgehead atoms. The van der Waals surface area contributed by atoms with Crippen LogP contribution in [0.2, 0.25) is 0 Å². The van der Waals surface area contributed by atoms with Gasteiger partial charge in [0.15, 0.2) is 0 Å². The van der Waals surface area contributed by atoms with Crippen molar-refractivity contribution in [2.24, 2.45) is 5.92 Å². The molecule has 0 aliphatic heterocycles. The molecule has 0 spiro atoms. The number of aliphatic hydroxyl groups is 1. The lowest BCUT2D eigenvalue weighted by Crippen LogP contribution is -2.42. The Morgan fingerprint density at radius 3 is 2.42 bits per heavy atom. The molecule has 1 amide bonds. The second-order valence-electron chi connectivity index (χ2n) is 6.72. The van der Waals surface area contributed by atoms with Gasteiger partial charge in [0.05, 0.1) is 5.60 Å². The maximum Gasteiger partial charge on any atom is 0.222 e. The van der Waals surface area contributed by atoms with Gasteiger partial charge in [-0.05, 0) is 25.2 Å². The largest absolute Gasteiger partial charge is 0.388 e. The van der Waals surface area contributed by atoms with Crippen molar-refractivity contribution in [3.8, 4) is 0 Å². The maximum absolute atomic E-state index is 12.1. The van der Waals surface area contributed by atoms with Gasteiger partial charge in [0.2, 0.25) is 5.91 Å². The highest BCUT2D eigenvalue weighted by molar-refractivity contribution is 5.75. The van der Waals surface area contributed by atoms with Crippen molar-refractivity contribution in [3.05, 3.63) is 0 Å². The van der Waals surface area contributed by atoms with Crippen LogP contribution in [0.5, 0.6) is 0 Å². The zero-order valence-corrected chi connectivity index (χ0v) is 12.4. The Morgan fingerprint density at radius 2 is 1.79 bits per heavy atom. The summed E-state index contributed by atoms with van der Waals surface area (Å²) in [5, 5.41) is 10.3. The van der Waals surface area contributed by atoms with Gasteiger partial charge in [-0.3, -0.25) is 4.79 Å². The molecular formula is C16H29NO2.